The fourth-order valence-corrected chi connectivity index (χ4v) is 3.31. The zero-order chi connectivity index (χ0) is 15.2. The van der Waals surface area contributed by atoms with Crippen molar-refractivity contribution in [2.75, 3.05) is 23.4 Å². The highest BCUT2D eigenvalue weighted by atomic mass is 32.2. The van der Waals surface area contributed by atoms with Gasteiger partial charge in [-0.2, -0.15) is 11.8 Å². The van der Waals surface area contributed by atoms with Gasteiger partial charge in [-0.25, -0.2) is 14.0 Å². The first-order chi connectivity index (χ1) is 10.1. The van der Waals surface area contributed by atoms with Crippen LogP contribution in [0.5, 0.6) is 0 Å². The standard InChI is InChI=1S/C14H17FN2O3S/c15-11-7-10(13(18)19)1-2-12(11)17-14(20)16-8-9-3-5-21-6-4-9/h1-2,7,9H,3-6,8H2,(H,18,19)(H2,16,17,20). The van der Waals surface area contributed by atoms with E-state index in [2.05, 4.69) is 10.6 Å². The maximum atomic E-state index is 13.7. The van der Waals surface area contributed by atoms with Gasteiger partial charge in [0.15, 0.2) is 0 Å². The van der Waals surface area contributed by atoms with Crippen molar-refractivity contribution in [1.29, 1.82) is 0 Å². The number of hydrogen-bond donors (Lipinski definition) is 3. The van der Waals surface area contributed by atoms with Gasteiger partial charge in [-0.3, -0.25) is 0 Å². The fraction of sp³-hybridized carbons (Fsp3) is 0.429. The molecule has 0 radical (unpaired) electrons. The molecule has 0 aliphatic carbocycles. The molecule has 3 N–H and O–H groups in total. The number of amides is 2. The predicted octanol–water partition coefficient (Wildman–Crippen LogP) is 2.79. The molecule has 1 aromatic carbocycles. The number of carbonyl (C=O) groups excluding carboxylic acids is 1. The second-order valence-electron chi connectivity index (χ2n) is 4.89. The van der Waals surface area contributed by atoms with Crippen LogP contribution in [0.3, 0.4) is 0 Å². The number of nitrogens with one attached hydrogen (secondary N) is 2. The maximum Gasteiger partial charge on any atom is 0.335 e. The molecule has 2 amide bonds. The summed E-state index contributed by atoms with van der Waals surface area (Å²) in [5, 5.41) is 13.9. The van der Waals surface area contributed by atoms with Crippen LogP contribution in [-0.2, 0) is 0 Å². The highest BCUT2D eigenvalue weighted by molar-refractivity contribution is 7.99. The van der Waals surface area contributed by atoms with Gasteiger partial charge in [-0.05, 0) is 48.5 Å². The lowest BCUT2D eigenvalue weighted by Crippen LogP contribution is -2.34. The lowest BCUT2D eigenvalue weighted by Gasteiger charge is -2.21. The molecule has 0 saturated carbocycles. The first kappa shape index (κ1) is 15.6. The minimum atomic E-state index is -1.21. The topological polar surface area (TPSA) is 78.4 Å². The van der Waals surface area contributed by atoms with Gasteiger partial charge >= 0.3 is 12.0 Å². The van der Waals surface area contributed by atoms with Crippen LogP contribution in [0.15, 0.2) is 18.2 Å². The third kappa shape index (κ3) is 4.63. The molecule has 1 aliphatic heterocycles. The Labute approximate surface area is 126 Å². The van der Waals surface area contributed by atoms with E-state index < -0.39 is 17.8 Å². The molecule has 5 nitrogen and oxygen atoms in total. The van der Waals surface area contributed by atoms with Gasteiger partial charge in [0.1, 0.15) is 5.82 Å². The molecule has 1 fully saturated rings. The Morgan fingerprint density at radius 3 is 2.67 bits per heavy atom. The van der Waals surface area contributed by atoms with E-state index in [9.17, 15) is 14.0 Å². The van der Waals surface area contributed by atoms with E-state index in [1.54, 1.807) is 0 Å². The lowest BCUT2D eigenvalue weighted by molar-refractivity contribution is 0.0696. The van der Waals surface area contributed by atoms with Gasteiger partial charge in [-0.15, -0.1) is 0 Å². The SMILES string of the molecule is O=C(NCC1CCSCC1)Nc1ccc(C(=O)O)cc1F. The molecule has 7 heteroatoms. The quantitative estimate of drug-likeness (QED) is 0.799. The molecule has 0 atom stereocenters. The van der Waals surface area contributed by atoms with Crippen molar-refractivity contribution >= 4 is 29.4 Å². The Morgan fingerprint density at radius 1 is 1.33 bits per heavy atom. The predicted molar refractivity (Wildman–Crippen MR) is 80.4 cm³/mol. The highest BCUT2D eigenvalue weighted by Crippen LogP contribution is 2.22. The molecule has 21 heavy (non-hydrogen) atoms. The maximum absolute atomic E-state index is 13.7. The van der Waals surface area contributed by atoms with Crippen LogP contribution in [0.2, 0.25) is 0 Å². The average molecular weight is 312 g/mol. The molecule has 1 saturated heterocycles. The average Bonchev–Trinajstić information content (AvgIpc) is 2.48. The molecule has 0 aromatic heterocycles. The Hall–Kier alpha value is -1.76. The zero-order valence-electron chi connectivity index (χ0n) is 11.4. The van der Waals surface area contributed by atoms with Gasteiger partial charge in [0.25, 0.3) is 0 Å². The number of anilines is 1. The molecule has 2 rings (SSSR count). The summed E-state index contributed by atoms with van der Waals surface area (Å²) in [4.78, 5) is 22.4. The lowest BCUT2D eigenvalue weighted by atomic mass is 10.0. The van der Waals surface area contributed by atoms with Crippen LogP contribution >= 0.6 is 11.8 Å². The molecule has 0 bridgehead atoms. The summed E-state index contributed by atoms with van der Waals surface area (Å²) in [7, 11) is 0. The van der Waals surface area contributed by atoms with E-state index in [-0.39, 0.29) is 11.3 Å². The van der Waals surface area contributed by atoms with Crippen molar-refractivity contribution in [1.82, 2.24) is 5.32 Å². The minimum absolute atomic E-state index is 0.0308. The van der Waals surface area contributed by atoms with Crippen molar-refractivity contribution in [2.45, 2.75) is 12.8 Å². The van der Waals surface area contributed by atoms with Gasteiger partial charge in [0, 0.05) is 6.54 Å². The van der Waals surface area contributed by atoms with E-state index in [1.165, 1.54) is 12.1 Å². The van der Waals surface area contributed by atoms with Crippen LogP contribution in [0.1, 0.15) is 23.2 Å². The fourth-order valence-electron chi connectivity index (χ4n) is 2.10. The third-order valence-electron chi connectivity index (χ3n) is 3.36. The van der Waals surface area contributed by atoms with Crippen molar-refractivity contribution in [3.05, 3.63) is 29.6 Å². The number of carboxylic acids is 1. The molecule has 1 aliphatic rings. The molecular weight excluding hydrogens is 295 g/mol. The zero-order valence-corrected chi connectivity index (χ0v) is 12.2. The van der Waals surface area contributed by atoms with E-state index in [0.717, 1.165) is 30.4 Å². The molecule has 0 unspecified atom stereocenters. The smallest absolute Gasteiger partial charge is 0.335 e. The van der Waals surface area contributed by atoms with Crippen LogP contribution in [0.25, 0.3) is 0 Å². The Morgan fingerprint density at radius 2 is 2.05 bits per heavy atom. The van der Waals surface area contributed by atoms with Crippen LogP contribution in [0.4, 0.5) is 14.9 Å². The van der Waals surface area contributed by atoms with E-state index in [1.807, 2.05) is 11.8 Å². The van der Waals surface area contributed by atoms with Crippen molar-refractivity contribution in [3.63, 3.8) is 0 Å². The molecule has 0 spiro atoms. The number of rotatable bonds is 4. The third-order valence-corrected chi connectivity index (χ3v) is 4.41. The van der Waals surface area contributed by atoms with Crippen molar-refractivity contribution in [3.8, 4) is 0 Å². The monoisotopic (exact) mass is 312 g/mol. The summed E-state index contributed by atoms with van der Waals surface area (Å²) >= 11 is 1.92. The Kier molecular flexibility index (Phi) is 5.44. The molecular formula is C14H17FN2O3S. The number of carbonyl (C=O) groups is 2. The number of hydrogen-bond acceptors (Lipinski definition) is 3. The summed E-state index contributed by atoms with van der Waals surface area (Å²) in [5.41, 5.74) is -0.185. The number of aromatic carboxylic acids is 1. The largest absolute Gasteiger partial charge is 0.478 e. The number of halogens is 1. The summed E-state index contributed by atoms with van der Waals surface area (Å²) in [5.74, 6) is 0.716. The van der Waals surface area contributed by atoms with Gasteiger partial charge in [0.2, 0.25) is 0 Å². The van der Waals surface area contributed by atoms with Crippen molar-refractivity contribution in [2.24, 2.45) is 5.92 Å². The molecule has 114 valence electrons. The molecule has 1 aromatic rings. The summed E-state index contributed by atoms with van der Waals surface area (Å²) in [6.07, 6.45) is 2.15. The van der Waals surface area contributed by atoms with E-state index in [0.29, 0.717) is 12.5 Å². The first-order valence-electron chi connectivity index (χ1n) is 6.71. The highest BCUT2D eigenvalue weighted by Gasteiger charge is 2.15. The van der Waals surface area contributed by atoms with Crippen LogP contribution in [-0.4, -0.2) is 35.2 Å². The first-order valence-corrected chi connectivity index (χ1v) is 7.87. The number of urea groups is 1. The second kappa shape index (κ2) is 7.31. The summed E-state index contributed by atoms with van der Waals surface area (Å²) in [6.45, 7) is 0.571. The molecule has 1 heterocycles. The van der Waals surface area contributed by atoms with Crippen LogP contribution < -0.4 is 10.6 Å². The number of carboxylic acid groups (broad SMARTS) is 1. The Balaban J connectivity index is 1.85. The summed E-state index contributed by atoms with van der Waals surface area (Å²) in [6, 6.07) is 2.90. The second-order valence-corrected chi connectivity index (χ2v) is 6.12. The number of thioether (sulfide) groups is 1. The van der Waals surface area contributed by atoms with Gasteiger partial charge in [-0.1, -0.05) is 0 Å². The summed E-state index contributed by atoms with van der Waals surface area (Å²) < 4.78 is 13.7. The van der Waals surface area contributed by atoms with Crippen molar-refractivity contribution < 1.29 is 19.1 Å². The Bertz CT molecular complexity index is 533. The van der Waals surface area contributed by atoms with Crippen LogP contribution in [0, 0.1) is 11.7 Å². The normalized spacial score (nSPS) is 15.5. The van der Waals surface area contributed by atoms with E-state index >= 15 is 0 Å². The van der Waals surface area contributed by atoms with E-state index in [4.69, 9.17) is 5.11 Å². The van der Waals surface area contributed by atoms with Gasteiger partial charge < -0.3 is 15.7 Å². The minimum Gasteiger partial charge on any atom is -0.478 e. The van der Waals surface area contributed by atoms with Gasteiger partial charge in [0.05, 0.1) is 11.3 Å². The number of benzene rings is 1.